The SMILES string of the molecule is OB(OCl)OCc1coc2ccccc12. The zero-order chi connectivity index (χ0) is 10.7. The van der Waals surface area contributed by atoms with Gasteiger partial charge in [-0.15, -0.1) is 0 Å². The number of fused-ring (bicyclic) bond motifs is 1. The van der Waals surface area contributed by atoms with Gasteiger partial charge >= 0.3 is 7.32 Å². The third-order valence-corrected chi connectivity index (χ3v) is 2.17. The Kier molecular flexibility index (Phi) is 3.28. The summed E-state index contributed by atoms with van der Waals surface area (Å²) in [7, 11) is -1.43. The molecular formula is C9H8BClO4. The third-order valence-electron chi connectivity index (χ3n) is 2.02. The third kappa shape index (κ3) is 2.32. The number of rotatable bonds is 4. The van der Waals surface area contributed by atoms with Gasteiger partial charge in [0.25, 0.3) is 0 Å². The molecule has 0 saturated carbocycles. The minimum atomic E-state index is -1.43. The fourth-order valence-electron chi connectivity index (χ4n) is 1.33. The molecule has 1 N–H and O–H groups in total. The Morgan fingerprint density at radius 3 is 3.00 bits per heavy atom. The van der Waals surface area contributed by atoms with Gasteiger partial charge in [0.05, 0.1) is 12.9 Å². The molecule has 1 heterocycles. The van der Waals surface area contributed by atoms with Crippen molar-refractivity contribution in [1.82, 2.24) is 0 Å². The van der Waals surface area contributed by atoms with Crippen LogP contribution in [0.15, 0.2) is 34.9 Å². The first-order valence-corrected chi connectivity index (χ1v) is 4.64. The molecule has 0 unspecified atom stereocenters. The van der Waals surface area contributed by atoms with E-state index >= 15 is 0 Å². The lowest BCUT2D eigenvalue weighted by Crippen LogP contribution is -2.17. The van der Waals surface area contributed by atoms with E-state index in [1.807, 2.05) is 24.3 Å². The highest BCUT2D eigenvalue weighted by molar-refractivity contribution is 6.42. The van der Waals surface area contributed by atoms with E-state index in [4.69, 9.17) is 26.0 Å². The van der Waals surface area contributed by atoms with Gasteiger partial charge in [-0.3, -0.25) is 4.21 Å². The van der Waals surface area contributed by atoms with E-state index < -0.39 is 7.32 Å². The molecule has 0 bridgehead atoms. The van der Waals surface area contributed by atoms with E-state index in [0.29, 0.717) is 0 Å². The summed E-state index contributed by atoms with van der Waals surface area (Å²) in [4.78, 5) is 0. The van der Waals surface area contributed by atoms with Crippen LogP contribution >= 0.6 is 11.9 Å². The van der Waals surface area contributed by atoms with Gasteiger partial charge < -0.3 is 14.1 Å². The molecule has 0 saturated heterocycles. The largest absolute Gasteiger partial charge is 0.653 e. The van der Waals surface area contributed by atoms with Crippen LogP contribution in [0.1, 0.15) is 5.56 Å². The van der Waals surface area contributed by atoms with Gasteiger partial charge in [-0.1, -0.05) is 18.2 Å². The fraction of sp³-hybridized carbons (Fsp3) is 0.111. The van der Waals surface area contributed by atoms with Crippen LogP contribution in [0.2, 0.25) is 0 Å². The number of halogens is 1. The van der Waals surface area contributed by atoms with Crippen molar-refractivity contribution >= 4 is 30.2 Å². The maximum absolute atomic E-state index is 8.92. The van der Waals surface area contributed by atoms with Gasteiger partial charge in [-0.25, -0.2) is 0 Å². The first-order chi connectivity index (χ1) is 7.31. The van der Waals surface area contributed by atoms with Crippen molar-refractivity contribution in [3.8, 4) is 0 Å². The lowest BCUT2D eigenvalue weighted by Gasteiger charge is -2.01. The predicted octanol–water partition coefficient (Wildman–Crippen LogP) is 2.10. The summed E-state index contributed by atoms with van der Waals surface area (Å²) in [5.74, 6) is 0. The summed E-state index contributed by atoms with van der Waals surface area (Å²) in [5, 5.41) is 9.87. The Labute approximate surface area is 91.7 Å². The molecule has 0 atom stereocenters. The predicted molar refractivity (Wildman–Crippen MR) is 55.9 cm³/mol. The number of hydrogen-bond donors (Lipinski definition) is 1. The van der Waals surface area contributed by atoms with Crippen molar-refractivity contribution in [1.29, 1.82) is 0 Å². The summed E-state index contributed by atoms with van der Waals surface area (Å²) in [6, 6.07) is 7.54. The highest BCUT2D eigenvalue weighted by Crippen LogP contribution is 2.21. The zero-order valence-corrected chi connectivity index (χ0v) is 8.48. The zero-order valence-electron chi connectivity index (χ0n) is 7.72. The second-order valence-corrected chi connectivity index (χ2v) is 3.14. The lowest BCUT2D eigenvalue weighted by atomic mass is 10.2. The van der Waals surface area contributed by atoms with E-state index in [0.717, 1.165) is 16.5 Å². The average Bonchev–Trinajstić information content (AvgIpc) is 2.69. The molecule has 0 amide bonds. The second kappa shape index (κ2) is 4.68. The standard InChI is InChI=1S/C9H8BClO4/c11-15-10(12)14-6-7-5-13-9-4-2-1-3-8(7)9/h1-5,12H,6H2. The summed E-state index contributed by atoms with van der Waals surface area (Å²) in [5.41, 5.74) is 1.61. The molecule has 0 aliphatic heterocycles. The molecule has 0 aliphatic carbocycles. The molecule has 15 heavy (non-hydrogen) atoms. The Morgan fingerprint density at radius 1 is 1.40 bits per heavy atom. The first kappa shape index (κ1) is 10.5. The van der Waals surface area contributed by atoms with E-state index in [1.165, 1.54) is 0 Å². The Balaban J connectivity index is 2.14. The quantitative estimate of drug-likeness (QED) is 0.811. The lowest BCUT2D eigenvalue weighted by molar-refractivity contribution is 0.190. The van der Waals surface area contributed by atoms with Crippen LogP contribution in [0, 0.1) is 0 Å². The fourth-order valence-corrected chi connectivity index (χ4v) is 1.38. The van der Waals surface area contributed by atoms with Crippen molar-refractivity contribution in [2.24, 2.45) is 0 Å². The Morgan fingerprint density at radius 2 is 2.20 bits per heavy atom. The summed E-state index contributed by atoms with van der Waals surface area (Å²) < 4.78 is 14.2. The van der Waals surface area contributed by atoms with Crippen LogP contribution in [-0.4, -0.2) is 12.3 Å². The highest BCUT2D eigenvalue weighted by atomic mass is 35.5. The van der Waals surface area contributed by atoms with Crippen LogP contribution in [0.3, 0.4) is 0 Å². The van der Waals surface area contributed by atoms with Crippen LogP contribution in [-0.2, 0) is 15.5 Å². The van der Waals surface area contributed by atoms with E-state index in [-0.39, 0.29) is 6.61 Å². The molecule has 0 spiro atoms. The normalized spacial score (nSPS) is 10.8. The molecule has 1 aromatic heterocycles. The molecule has 2 aromatic rings. The van der Waals surface area contributed by atoms with Gasteiger partial charge in [0.15, 0.2) is 0 Å². The molecule has 0 aliphatic rings. The van der Waals surface area contributed by atoms with Crippen molar-refractivity contribution in [2.75, 3.05) is 0 Å². The van der Waals surface area contributed by atoms with E-state index in [9.17, 15) is 0 Å². The monoisotopic (exact) mass is 226 g/mol. The van der Waals surface area contributed by atoms with Gasteiger partial charge in [0.2, 0.25) is 0 Å². The van der Waals surface area contributed by atoms with Crippen molar-refractivity contribution < 1.29 is 18.3 Å². The molecule has 6 heteroatoms. The number of furan rings is 1. The van der Waals surface area contributed by atoms with Gasteiger partial charge in [0, 0.05) is 22.8 Å². The van der Waals surface area contributed by atoms with Crippen LogP contribution in [0.25, 0.3) is 11.0 Å². The maximum Gasteiger partial charge on any atom is 0.653 e. The number of benzene rings is 1. The van der Waals surface area contributed by atoms with Crippen LogP contribution in [0.4, 0.5) is 0 Å². The molecule has 4 nitrogen and oxygen atoms in total. The minimum absolute atomic E-state index is 0.172. The topological polar surface area (TPSA) is 51.8 Å². The van der Waals surface area contributed by atoms with Crippen molar-refractivity contribution in [2.45, 2.75) is 6.61 Å². The smallest absolute Gasteiger partial charge is 0.464 e. The first-order valence-electron chi connectivity index (χ1n) is 4.33. The Bertz CT molecular complexity index is 444. The van der Waals surface area contributed by atoms with Gasteiger partial charge in [0.1, 0.15) is 5.58 Å². The summed E-state index contributed by atoms with van der Waals surface area (Å²) in [6.45, 7) is 0.172. The van der Waals surface area contributed by atoms with Crippen molar-refractivity contribution in [3.63, 3.8) is 0 Å². The van der Waals surface area contributed by atoms with Gasteiger partial charge in [-0.2, -0.15) is 0 Å². The molecule has 0 fully saturated rings. The molecule has 2 rings (SSSR count). The molecule has 78 valence electrons. The summed E-state index contributed by atoms with van der Waals surface area (Å²) >= 11 is 4.91. The van der Waals surface area contributed by atoms with Gasteiger partial charge in [-0.05, 0) is 6.07 Å². The Hall–Kier alpha value is -1.01. The highest BCUT2D eigenvalue weighted by Gasteiger charge is 2.16. The van der Waals surface area contributed by atoms with E-state index in [1.54, 1.807) is 6.26 Å². The van der Waals surface area contributed by atoms with Crippen LogP contribution < -0.4 is 0 Å². The average molecular weight is 226 g/mol. The summed E-state index contributed by atoms with van der Waals surface area (Å²) in [6.07, 6.45) is 1.58. The molecule has 0 radical (unpaired) electrons. The minimum Gasteiger partial charge on any atom is -0.464 e. The molecular weight excluding hydrogens is 218 g/mol. The number of hydrogen-bond acceptors (Lipinski definition) is 4. The van der Waals surface area contributed by atoms with Crippen molar-refractivity contribution in [3.05, 3.63) is 36.1 Å². The molecule has 1 aromatic carbocycles. The second-order valence-electron chi connectivity index (χ2n) is 2.96. The van der Waals surface area contributed by atoms with E-state index in [2.05, 4.69) is 4.21 Å². The maximum atomic E-state index is 8.92. The van der Waals surface area contributed by atoms with Crippen LogP contribution in [0.5, 0.6) is 0 Å². The number of para-hydroxylation sites is 1.